The molecule has 0 saturated carbocycles. The van der Waals surface area contributed by atoms with Crippen LogP contribution in [0, 0.1) is 41.4 Å². The molecule has 1 heterocycles. The van der Waals surface area contributed by atoms with Crippen molar-refractivity contribution in [2.75, 3.05) is 0 Å². The lowest BCUT2D eigenvalue weighted by Gasteiger charge is -2.36. The quantitative estimate of drug-likeness (QED) is 0.101. The molecule has 1 aliphatic heterocycles. The number of cyclic esters (lactones) is 1. The highest BCUT2D eigenvalue weighted by Gasteiger charge is 2.41. The Morgan fingerprint density at radius 3 is 2.21 bits per heavy atom. The van der Waals surface area contributed by atoms with Crippen LogP contribution in [0.25, 0.3) is 0 Å². The molecule has 9 nitrogen and oxygen atoms in total. The Balaban J connectivity index is 2.76. The second kappa shape index (κ2) is 17.6. The summed E-state index contributed by atoms with van der Waals surface area (Å²) >= 11 is 0. The zero-order valence-corrected chi connectivity index (χ0v) is 26.6. The number of rotatable bonds is 16. The lowest BCUT2D eigenvalue weighted by molar-refractivity contribution is -0.179. The van der Waals surface area contributed by atoms with Crippen molar-refractivity contribution in [3.8, 4) is 0 Å². The molecule has 240 valence electrons. The Labute approximate surface area is 252 Å². The minimum atomic E-state index is -0.894. The number of primary amides is 1. The number of hydrogen-bond donors (Lipinski definition) is 5. The molecular weight excluding hydrogens is 538 g/mol. The average Bonchev–Trinajstić information content (AvgIpc) is 2.93. The summed E-state index contributed by atoms with van der Waals surface area (Å²) in [6.45, 7) is 18.5. The summed E-state index contributed by atoms with van der Waals surface area (Å²) in [7, 11) is 0. The Hall–Kier alpha value is -2.46. The van der Waals surface area contributed by atoms with Crippen molar-refractivity contribution in [2.45, 2.75) is 105 Å². The molecule has 6 N–H and O–H groups in total. The van der Waals surface area contributed by atoms with E-state index in [0.717, 1.165) is 5.57 Å². The number of aliphatic hydroxyl groups excluding tert-OH is 4. The van der Waals surface area contributed by atoms with Crippen molar-refractivity contribution in [3.63, 3.8) is 0 Å². The molecule has 13 atom stereocenters. The van der Waals surface area contributed by atoms with Gasteiger partial charge in [-0.2, -0.15) is 0 Å². The lowest BCUT2D eigenvalue weighted by atomic mass is 9.81. The fraction of sp³-hybridized carbons (Fsp3) is 0.697. The third-order valence-corrected chi connectivity index (χ3v) is 8.62. The van der Waals surface area contributed by atoms with E-state index in [2.05, 4.69) is 6.58 Å². The highest BCUT2D eigenvalue weighted by molar-refractivity contribution is 5.73. The van der Waals surface area contributed by atoms with Crippen molar-refractivity contribution in [2.24, 2.45) is 47.2 Å². The van der Waals surface area contributed by atoms with Crippen LogP contribution in [-0.2, 0) is 14.3 Å². The number of amides is 1. The molecule has 1 rings (SSSR count). The van der Waals surface area contributed by atoms with Crippen molar-refractivity contribution in [1.82, 2.24) is 0 Å². The van der Waals surface area contributed by atoms with Gasteiger partial charge in [0.25, 0.3) is 0 Å². The first-order valence-corrected chi connectivity index (χ1v) is 15.0. The molecule has 1 aliphatic rings. The van der Waals surface area contributed by atoms with Gasteiger partial charge in [-0.15, -0.1) is 0 Å². The fourth-order valence-corrected chi connectivity index (χ4v) is 5.80. The van der Waals surface area contributed by atoms with Crippen LogP contribution in [-0.4, -0.2) is 69.1 Å². The molecule has 0 bridgehead atoms. The maximum atomic E-state index is 12.0. The molecule has 0 aromatic rings. The Kier molecular flexibility index (Phi) is 15.7. The zero-order valence-electron chi connectivity index (χ0n) is 26.6. The second-order valence-electron chi connectivity index (χ2n) is 12.4. The third-order valence-electron chi connectivity index (χ3n) is 8.62. The van der Waals surface area contributed by atoms with E-state index < -0.39 is 54.6 Å². The summed E-state index contributed by atoms with van der Waals surface area (Å²) in [5.74, 6) is -2.52. The van der Waals surface area contributed by atoms with E-state index in [9.17, 15) is 30.0 Å². The molecule has 1 fully saturated rings. The van der Waals surface area contributed by atoms with Gasteiger partial charge >= 0.3 is 12.1 Å². The number of aliphatic hydroxyl groups is 4. The molecule has 0 aromatic heterocycles. The van der Waals surface area contributed by atoms with Crippen LogP contribution >= 0.6 is 0 Å². The number of hydrogen-bond acceptors (Lipinski definition) is 8. The lowest BCUT2D eigenvalue weighted by Crippen LogP contribution is -2.47. The number of carbonyl (C=O) groups is 2. The van der Waals surface area contributed by atoms with Crippen LogP contribution in [0.3, 0.4) is 0 Å². The molecule has 9 heteroatoms. The first kappa shape index (κ1) is 37.6. The summed E-state index contributed by atoms with van der Waals surface area (Å²) in [5, 5.41) is 42.8. The van der Waals surface area contributed by atoms with Crippen molar-refractivity contribution >= 4 is 12.1 Å². The number of allylic oxidation sites excluding steroid dienone is 3. The molecule has 0 unspecified atom stereocenters. The smallest absolute Gasteiger partial charge is 0.404 e. The van der Waals surface area contributed by atoms with E-state index in [1.807, 2.05) is 53.7 Å². The van der Waals surface area contributed by atoms with Crippen molar-refractivity contribution < 1.29 is 39.5 Å². The molecular formula is C33H55NO8. The Bertz CT molecular complexity index is 962. The number of carbonyl (C=O) groups excluding carboxylic acids is 2. The minimum Gasteiger partial charge on any atom is -0.462 e. The van der Waals surface area contributed by atoms with E-state index in [1.54, 1.807) is 38.2 Å². The van der Waals surface area contributed by atoms with Gasteiger partial charge in [0.1, 0.15) is 12.2 Å². The van der Waals surface area contributed by atoms with Gasteiger partial charge in [0.15, 0.2) is 0 Å². The van der Waals surface area contributed by atoms with E-state index in [1.165, 1.54) is 0 Å². The number of nitrogens with two attached hydrogens (primary N) is 1. The van der Waals surface area contributed by atoms with Gasteiger partial charge in [-0.25, -0.2) is 4.79 Å². The Morgan fingerprint density at radius 1 is 1.02 bits per heavy atom. The van der Waals surface area contributed by atoms with Crippen LogP contribution in [0.15, 0.2) is 48.6 Å². The Morgan fingerprint density at radius 2 is 1.64 bits per heavy atom. The number of esters is 1. The first-order chi connectivity index (χ1) is 19.5. The molecule has 1 saturated heterocycles. The van der Waals surface area contributed by atoms with E-state index in [-0.39, 0.29) is 41.9 Å². The second-order valence-corrected chi connectivity index (χ2v) is 12.4. The maximum absolute atomic E-state index is 12.0. The molecule has 1 amide bonds. The van der Waals surface area contributed by atoms with Crippen LogP contribution in [0.1, 0.15) is 68.2 Å². The van der Waals surface area contributed by atoms with Gasteiger partial charge in [-0.3, -0.25) is 4.79 Å². The van der Waals surface area contributed by atoms with Crippen LogP contribution in [0.2, 0.25) is 0 Å². The van der Waals surface area contributed by atoms with E-state index in [4.69, 9.17) is 15.2 Å². The molecule has 42 heavy (non-hydrogen) atoms. The summed E-state index contributed by atoms with van der Waals surface area (Å²) in [6, 6.07) is 0. The van der Waals surface area contributed by atoms with Gasteiger partial charge in [-0.05, 0) is 26.2 Å². The predicted molar refractivity (Wildman–Crippen MR) is 164 cm³/mol. The SMILES string of the molecule is C=C/C=C\[C@H](C)[C@H](OC(N)=O)[C@H](C)[C@H](O)[C@H](C)C/C(C)=C\[C@H](C)[C@H](O)[C@H](C)/C=C\[C@H](O)C[C@@H]1OC(=O)[C@H](C)[C@@H](O)[C@H]1C. The molecule has 0 spiro atoms. The van der Waals surface area contributed by atoms with Crippen molar-refractivity contribution in [1.29, 1.82) is 0 Å². The summed E-state index contributed by atoms with van der Waals surface area (Å²) in [5.41, 5.74) is 6.30. The van der Waals surface area contributed by atoms with Crippen LogP contribution in [0.5, 0.6) is 0 Å². The normalized spacial score (nSPS) is 28.3. The summed E-state index contributed by atoms with van der Waals surface area (Å²) in [6.07, 6.45) is 6.04. The van der Waals surface area contributed by atoms with Gasteiger partial charge in [0.2, 0.25) is 0 Å². The summed E-state index contributed by atoms with van der Waals surface area (Å²) < 4.78 is 10.8. The van der Waals surface area contributed by atoms with Gasteiger partial charge < -0.3 is 35.6 Å². The highest BCUT2D eigenvalue weighted by Crippen LogP contribution is 2.30. The van der Waals surface area contributed by atoms with E-state index >= 15 is 0 Å². The minimum absolute atomic E-state index is 0.152. The van der Waals surface area contributed by atoms with Crippen LogP contribution in [0.4, 0.5) is 4.79 Å². The van der Waals surface area contributed by atoms with E-state index in [0.29, 0.717) is 6.42 Å². The molecule has 0 radical (unpaired) electrons. The maximum Gasteiger partial charge on any atom is 0.404 e. The fourth-order valence-electron chi connectivity index (χ4n) is 5.80. The third kappa shape index (κ3) is 11.3. The number of ether oxygens (including phenoxy) is 2. The molecule has 0 aromatic carbocycles. The highest BCUT2D eigenvalue weighted by atomic mass is 16.6. The topological polar surface area (TPSA) is 160 Å². The zero-order chi connectivity index (χ0) is 32.3. The van der Waals surface area contributed by atoms with Crippen molar-refractivity contribution in [3.05, 3.63) is 48.6 Å². The summed E-state index contributed by atoms with van der Waals surface area (Å²) in [4.78, 5) is 23.5. The standard InChI is InChI=1S/C33H55NO8/c1-10-11-12-20(4)31(42-33(34)40)24(8)29(37)22(6)16-18(2)15-21(5)28(36)19(3)13-14-26(35)17-27-23(7)30(38)25(9)32(39)41-27/h10-15,19-31,35-38H,1,16-17H2,2-9H3,(H2,34,40)/b12-11-,14-13-,18-15-/t19-,20+,21+,22-,23+,24-,25-,26+,27+,28-,29-,30+,31+/m1/s1. The van der Waals surface area contributed by atoms with Crippen LogP contribution < -0.4 is 5.73 Å². The predicted octanol–water partition coefficient (Wildman–Crippen LogP) is 4.30. The monoisotopic (exact) mass is 593 g/mol. The average molecular weight is 594 g/mol. The van der Waals surface area contributed by atoms with Gasteiger partial charge in [0.05, 0.1) is 30.3 Å². The molecule has 0 aliphatic carbocycles. The van der Waals surface area contributed by atoms with Gasteiger partial charge in [-0.1, -0.05) is 90.2 Å². The largest absolute Gasteiger partial charge is 0.462 e. The van der Waals surface area contributed by atoms with Gasteiger partial charge in [0, 0.05) is 36.0 Å². The first-order valence-electron chi connectivity index (χ1n) is 15.0.